The molecule has 1 aromatic carbocycles. The van der Waals surface area contributed by atoms with Crippen molar-refractivity contribution >= 4 is 0 Å². The van der Waals surface area contributed by atoms with Crippen LogP contribution in [0.2, 0.25) is 0 Å². The Labute approximate surface area is 49.2 Å². The van der Waals surface area contributed by atoms with Gasteiger partial charge >= 0.3 is 0 Å². The van der Waals surface area contributed by atoms with Gasteiger partial charge in [0.2, 0.25) is 0 Å². The molecule has 0 aromatic heterocycles. The summed E-state index contributed by atoms with van der Waals surface area (Å²) in [5.41, 5.74) is 3.01. The molecule has 0 N–H and O–H groups in total. The molecule has 0 nitrogen and oxygen atoms in total. The summed E-state index contributed by atoms with van der Waals surface area (Å²) in [5.74, 6) is 0. The highest BCUT2D eigenvalue weighted by Gasteiger charge is 2.00. The molecular formula is C8H7-. The minimum absolute atomic E-state index is 1.27. The Morgan fingerprint density at radius 1 is 1.25 bits per heavy atom. The molecule has 0 atom stereocenters. The van der Waals surface area contributed by atoms with Crippen LogP contribution in [0.1, 0.15) is 11.1 Å². The van der Waals surface area contributed by atoms with E-state index in [2.05, 4.69) is 18.2 Å². The van der Waals surface area contributed by atoms with Crippen LogP contribution in [0.25, 0.3) is 0 Å². The minimum Gasteiger partial charge on any atom is -0.184 e. The Bertz CT molecular complexity index is 178. The lowest BCUT2D eigenvalue weighted by atomic mass is 9.89. The van der Waals surface area contributed by atoms with Crippen LogP contribution in [0.5, 0.6) is 0 Å². The van der Waals surface area contributed by atoms with E-state index in [1.54, 1.807) is 0 Å². The molecule has 0 aliphatic heterocycles. The number of hydrogen-bond acceptors (Lipinski definition) is 0. The standard InChI is InChI=1S/C8H7/c1-2-4-8-6-5-7(8)3-1/h1,3-4H,5-6H2/q-1. The highest BCUT2D eigenvalue weighted by atomic mass is 14.1. The van der Waals surface area contributed by atoms with Gasteiger partial charge in [-0.1, -0.05) is 12.8 Å². The molecule has 2 rings (SSSR count). The normalized spacial score (nSPS) is 14.5. The van der Waals surface area contributed by atoms with Gasteiger partial charge in [0.25, 0.3) is 0 Å². The monoisotopic (exact) mass is 103 g/mol. The summed E-state index contributed by atoms with van der Waals surface area (Å²) in [5, 5.41) is 0. The Morgan fingerprint density at radius 3 is 2.50 bits per heavy atom. The van der Waals surface area contributed by atoms with Crippen LogP contribution in [0.15, 0.2) is 18.2 Å². The Balaban J connectivity index is 2.62. The van der Waals surface area contributed by atoms with Gasteiger partial charge in [-0.3, -0.25) is 0 Å². The number of rotatable bonds is 0. The van der Waals surface area contributed by atoms with E-state index in [-0.39, 0.29) is 0 Å². The van der Waals surface area contributed by atoms with E-state index in [1.165, 1.54) is 24.0 Å². The fourth-order valence-electron chi connectivity index (χ4n) is 1.07. The fraction of sp³-hybridized carbons (Fsp3) is 0.250. The first-order chi connectivity index (χ1) is 3.97. The van der Waals surface area contributed by atoms with Crippen LogP contribution in [0, 0.1) is 6.07 Å². The predicted molar refractivity (Wildman–Crippen MR) is 32.7 cm³/mol. The van der Waals surface area contributed by atoms with E-state index in [1.807, 2.05) is 6.07 Å². The van der Waals surface area contributed by atoms with Gasteiger partial charge in [-0.05, 0) is 0 Å². The molecule has 1 aromatic rings. The Morgan fingerprint density at radius 2 is 2.12 bits per heavy atom. The van der Waals surface area contributed by atoms with E-state index in [0.29, 0.717) is 0 Å². The van der Waals surface area contributed by atoms with Crippen molar-refractivity contribution in [1.82, 2.24) is 0 Å². The summed E-state index contributed by atoms with van der Waals surface area (Å²) in [6.07, 6.45) is 2.55. The molecule has 0 spiro atoms. The topological polar surface area (TPSA) is 0 Å². The zero-order valence-corrected chi connectivity index (χ0v) is 4.65. The zero-order valence-electron chi connectivity index (χ0n) is 4.65. The maximum atomic E-state index is 3.05. The summed E-state index contributed by atoms with van der Waals surface area (Å²) >= 11 is 0. The quantitative estimate of drug-likeness (QED) is 0.437. The summed E-state index contributed by atoms with van der Waals surface area (Å²) in [4.78, 5) is 0. The van der Waals surface area contributed by atoms with Gasteiger partial charge in [0, 0.05) is 0 Å². The second kappa shape index (κ2) is 1.35. The SMILES string of the molecule is [c-]1ccc2c(c1)CC2. The van der Waals surface area contributed by atoms with Crippen molar-refractivity contribution in [3.05, 3.63) is 35.4 Å². The lowest BCUT2D eigenvalue weighted by molar-refractivity contribution is 0.839. The minimum atomic E-state index is 1.27. The van der Waals surface area contributed by atoms with Crippen LogP contribution in [0.4, 0.5) is 0 Å². The third-order valence-corrected chi connectivity index (χ3v) is 1.71. The van der Waals surface area contributed by atoms with Crippen LogP contribution in [-0.4, -0.2) is 0 Å². The van der Waals surface area contributed by atoms with Gasteiger partial charge in [0.05, 0.1) is 0 Å². The predicted octanol–water partition coefficient (Wildman–Crippen LogP) is 1.59. The summed E-state index contributed by atoms with van der Waals surface area (Å²) in [7, 11) is 0. The van der Waals surface area contributed by atoms with Crippen LogP contribution in [-0.2, 0) is 12.8 Å². The highest BCUT2D eigenvalue weighted by Crippen LogP contribution is 2.20. The molecule has 1 aliphatic carbocycles. The van der Waals surface area contributed by atoms with E-state index >= 15 is 0 Å². The first-order valence-corrected chi connectivity index (χ1v) is 2.95. The number of hydrogen-bond donors (Lipinski definition) is 0. The first-order valence-electron chi connectivity index (χ1n) is 2.95. The molecule has 0 radical (unpaired) electrons. The molecule has 0 saturated heterocycles. The molecule has 40 valence electrons. The van der Waals surface area contributed by atoms with Gasteiger partial charge in [-0.15, -0.1) is 0 Å². The summed E-state index contributed by atoms with van der Waals surface area (Å²) in [6.45, 7) is 0. The molecule has 0 fully saturated rings. The summed E-state index contributed by atoms with van der Waals surface area (Å²) in [6, 6.07) is 9.27. The maximum absolute atomic E-state index is 3.05. The molecule has 0 amide bonds. The van der Waals surface area contributed by atoms with Crippen molar-refractivity contribution in [1.29, 1.82) is 0 Å². The number of aryl methyl sites for hydroxylation is 2. The molecule has 0 unspecified atom stereocenters. The average Bonchev–Trinajstić information content (AvgIpc) is 1.72. The third-order valence-electron chi connectivity index (χ3n) is 1.71. The van der Waals surface area contributed by atoms with Crippen LogP contribution in [0.3, 0.4) is 0 Å². The number of benzene rings is 1. The summed E-state index contributed by atoms with van der Waals surface area (Å²) < 4.78 is 0. The van der Waals surface area contributed by atoms with E-state index in [0.717, 1.165) is 0 Å². The van der Waals surface area contributed by atoms with Crippen LogP contribution < -0.4 is 0 Å². The van der Waals surface area contributed by atoms with Gasteiger partial charge < -0.3 is 0 Å². The molecule has 8 heavy (non-hydrogen) atoms. The zero-order chi connectivity index (χ0) is 5.40. The molecule has 0 heterocycles. The Hall–Kier alpha value is -0.780. The number of fused-ring (bicyclic) bond motifs is 1. The van der Waals surface area contributed by atoms with Crippen molar-refractivity contribution in [2.24, 2.45) is 0 Å². The second-order valence-electron chi connectivity index (χ2n) is 2.19. The van der Waals surface area contributed by atoms with Crippen molar-refractivity contribution in [3.8, 4) is 0 Å². The molecule has 1 aliphatic rings. The highest BCUT2D eigenvalue weighted by molar-refractivity contribution is 5.34. The van der Waals surface area contributed by atoms with E-state index in [9.17, 15) is 0 Å². The molecular weight excluding hydrogens is 96.1 g/mol. The molecule has 0 bridgehead atoms. The lowest BCUT2D eigenvalue weighted by Gasteiger charge is -2.25. The smallest absolute Gasteiger partial charge is 0.0568 e. The lowest BCUT2D eigenvalue weighted by Crippen LogP contribution is -2.06. The van der Waals surface area contributed by atoms with Crippen molar-refractivity contribution in [2.75, 3.05) is 0 Å². The first kappa shape index (κ1) is 4.13. The second-order valence-corrected chi connectivity index (χ2v) is 2.19. The third kappa shape index (κ3) is 0.401. The molecule has 0 heteroatoms. The molecule has 0 saturated carbocycles. The van der Waals surface area contributed by atoms with Crippen molar-refractivity contribution < 1.29 is 0 Å². The van der Waals surface area contributed by atoms with Gasteiger partial charge in [0.1, 0.15) is 0 Å². The van der Waals surface area contributed by atoms with Gasteiger partial charge in [-0.2, -0.15) is 35.4 Å². The van der Waals surface area contributed by atoms with E-state index in [4.69, 9.17) is 0 Å². The van der Waals surface area contributed by atoms with Crippen molar-refractivity contribution in [2.45, 2.75) is 12.8 Å². The Kier molecular flexibility index (Phi) is 0.696. The van der Waals surface area contributed by atoms with Crippen molar-refractivity contribution in [3.63, 3.8) is 0 Å². The van der Waals surface area contributed by atoms with Gasteiger partial charge in [-0.25, -0.2) is 0 Å². The fourth-order valence-corrected chi connectivity index (χ4v) is 1.07. The van der Waals surface area contributed by atoms with E-state index < -0.39 is 0 Å². The largest absolute Gasteiger partial charge is 0.184 e. The average molecular weight is 103 g/mol. The van der Waals surface area contributed by atoms with Gasteiger partial charge in [0.15, 0.2) is 0 Å². The van der Waals surface area contributed by atoms with Crippen LogP contribution >= 0.6 is 0 Å². The maximum Gasteiger partial charge on any atom is -0.0568 e.